The maximum absolute atomic E-state index is 12.4. The Balaban J connectivity index is 2.39. The number of aromatic nitrogens is 1. The number of hydrogen-bond donors (Lipinski definition) is 2. The van der Waals surface area contributed by atoms with Crippen LogP contribution in [0.15, 0.2) is 35.4 Å². The molecule has 0 unspecified atom stereocenters. The van der Waals surface area contributed by atoms with Crippen molar-refractivity contribution >= 4 is 27.3 Å². The van der Waals surface area contributed by atoms with E-state index in [9.17, 15) is 23.3 Å². The molecule has 0 radical (unpaired) electrons. The highest BCUT2D eigenvalue weighted by molar-refractivity contribution is 7.92. The molecule has 1 amide bonds. The van der Waals surface area contributed by atoms with E-state index in [1.165, 1.54) is 29.9 Å². The molecule has 10 heteroatoms. The number of nitrogens with one attached hydrogen (secondary N) is 1. The van der Waals surface area contributed by atoms with E-state index in [2.05, 4.69) is 4.72 Å². The number of sulfonamides is 1. The molecule has 0 aliphatic rings. The zero-order chi connectivity index (χ0) is 18.1. The minimum absolute atomic E-state index is 0.0303. The highest BCUT2D eigenvalue weighted by Crippen LogP contribution is 2.25. The number of nitrogens with two attached hydrogens (primary N) is 1. The summed E-state index contributed by atoms with van der Waals surface area (Å²) < 4.78 is 28.3. The number of nitro groups is 1. The van der Waals surface area contributed by atoms with Gasteiger partial charge in [0.05, 0.1) is 10.6 Å². The Morgan fingerprint density at radius 2 is 2.04 bits per heavy atom. The Hall–Kier alpha value is -2.88. The molecule has 0 spiro atoms. The second-order valence-electron chi connectivity index (χ2n) is 5.10. The number of carbonyl (C=O) groups is 1. The Bertz CT molecular complexity index is 917. The summed E-state index contributed by atoms with van der Waals surface area (Å²) in [5.74, 6) is -0.762. The van der Waals surface area contributed by atoms with E-state index in [4.69, 9.17) is 5.73 Å². The van der Waals surface area contributed by atoms with Crippen LogP contribution in [0.1, 0.15) is 23.0 Å². The maximum Gasteiger partial charge on any atom is 0.274 e. The average Bonchev–Trinajstić information content (AvgIpc) is 2.90. The molecule has 1 heterocycles. The Kier molecular flexibility index (Phi) is 4.60. The Morgan fingerprint density at radius 1 is 1.38 bits per heavy atom. The fourth-order valence-corrected chi connectivity index (χ4v) is 3.36. The van der Waals surface area contributed by atoms with Crippen molar-refractivity contribution < 1.29 is 18.1 Å². The van der Waals surface area contributed by atoms with Gasteiger partial charge in [-0.2, -0.15) is 0 Å². The van der Waals surface area contributed by atoms with E-state index in [0.717, 1.165) is 12.1 Å². The van der Waals surface area contributed by atoms with Crippen LogP contribution in [0.25, 0.3) is 0 Å². The molecule has 9 nitrogen and oxygen atoms in total. The van der Waals surface area contributed by atoms with Gasteiger partial charge >= 0.3 is 0 Å². The smallest absolute Gasteiger partial charge is 0.274 e. The third kappa shape index (κ3) is 3.38. The highest BCUT2D eigenvalue weighted by atomic mass is 32.2. The second kappa shape index (κ2) is 6.32. The molecule has 128 valence electrons. The summed E-state index contributed by atoms with van der Waals surface area (Å²) in [5.41, 5.74) is 5.58. The molecule has 0 saturated carbocycles. The number of carbonyl (C=O) groups excluding carboxylic acids is 1. The number of benzene rings is 1. The van der Waals surface area contributed by atoms with Crippen molar-refractivity contribution in [2.45, 2.75) is 18.2 Å². The number of nitro benzene ring substituents is 1. The van der Waals surface area contributed by atoms with E-state index >= 15 is 0 Å². The van der Waals surface area contributed by atoms with Crippen molar-refractivity contribution in [2.24, 2.45) is 12.8 Å². The monoisotopic (exact) mass is 352 g/mol. The van der Waals surface area contributed by atoms with Crippen LogP contribution in [0.4, 0.5) is 11.4 Å². The first-order valence-electron chi connectivity index (χ1n) is 6.92. The van der Waals surface area contributed by atoms with Crippen LogP contribution in [0.5, 0.6) is 0 Å². The first-order valence-corrected chi connectivity index (χ1v) is 8.40. The van der Waals surface area contributed by atoms with Crippen LogP contribution in [0.3, 0.4) is 0 Å². The largest absolute Gasteiger partial charge is 0.364 e. The molecule has 1 aromatic heterocycles. The van der Waals surface area contributed by atoms with Gasteiger partial charge in [-0.3, -0.25) is 19.6 Å². The molecule has 2 rings (SSSR count). The van der Waals surface area contributed by atoms with Crippen molar-refractivity contribution in [2.75, 3.05) is 4.72 Å². The highest BCUT2D eigenvalue weighted by Gasteiger charge is 2.21. The normalized spacial score (nSPS) is 11.2. The number of nitrogens with zero attached hydrogens (tertiary/aromatic N) is 2. The van der Waals surface area contributed by atoms with Gasteiger partial charge in [0.1, 0.15) is 10.6 Å². The van der Waals surface area contributed by atoms with E-state index in [1.807, 2.05) is 0 Å². The summed E-state index contributed by atoms with van der Waals surface area (Å²) in [6.45, 7) is 1.77. The van der Waals surface area contributed by atoms with E-state index in [-0.39, 0.29) is 22.0 Å². The number of rotatable bonds is 6. The molecule has 24 heavy (non-hydrogen) atoms. The topological polar surface area (TPSA) is 137 Å². The average molecular weight is 352 g/mol. The standard InChI is InChI=1S/C14H16N4O5S/c1-3-9-4-5-10(6-12(9)18(20)21)16-24(22,23)11-7-13(14(15)19)17(2)8-11/h4-8,16H,3H2,1-2H3,(H2,15,19). The summed E-state index contributed by atoms with van der Waals surface area (Å²) in [4.78, 5) is 21.6. The number of primary amides is 1. The lowest BCUT2D eigenvalue weighted by atomic mass is 10.1. The fraction of sp³-hybridized carbons (Fsp3) is 0.214. The van der Waals surface area contributed by atoms with Gasteiger partial charge in [0.2, 0.25) is 0 Å². The molecular formula is C14H16N4O5S. The molecule has 1 aromatic carbocycles. The van der Waals surface area contributed by atoms with Crippen molar-refractivity contribution in [1.29, 1.82) is 0 Å². The third-order valence-electron chi connectivity index (χ3n) is 3.46. The van der Waals surface area contributed by atoms with Gasteiger partial charge < -0.3 is 10.3 Å². The van der Waals surface area contributed by atoms with E-state index in [0.29, 0.717) is 12.0 Å². The number of anilines is 1. The fourth-order valence-electron chi connectivity index (χ4n) is 2.24. The van der Waals surface area contributed by atoms with Crippen molar-refractivity contribution in [3.8, 4) is 0 Å². The molecule has 0 bridgehead atoms. The molecule has 3 N–H and O–H groups in total. The van der Waals surface area contributed by atoms with Crippen LogP contribution >= 0.6 is 0 Å². The predicted molar refractivity (Wildman–Crippen MR) is 87.2 cm³/mol. The number of hydrogen-bond acceptors (Lipinski definition) is 5. The Labute approximate surface area is 138 Å². The van der Waals surface area contributed by atoms with Crippen LogP contribution in [0.2, 0.25) is 0 Å². The zero-order valence-corrected chi connectivity index (χ0v) is 13.8. The summed E-state index contributed by atoms with van der Waals surface area (Å²) in [5, 5.41) is 11.1. The van der Waals surface area contributed by atoms with E-state index in [1.54, 1.807) is 6.92 Å². The lowest BCUT2D eigenvalue weighted by Crippen LogP contribution is -2.14. The molecule has 0 fully saturated rings. The van der Waals surface area contributed by atoms with Gasteiger partial charge in [-0.05, 0) is 18.6 Å². The summed E-state index contributed by atoms with van der Waals surface area (Å²) in [6, 6.07) is 5.24. The van der Waals surface area contributed by atoms with Gasteiger partial charge in [0.25, 0.3) is 21.6 Å². The lowest BCUT2D eigenvalue weighted by molar-refractivity contribution is -0.385. The minimum atomic E-state index is -4.01. The second-order valence-corrected chi connectivity index (χ2v) is 6.78. The zero-order valence-electron chi connectivity index (χ0n) is 13.0. The maximum atomic E-state index is 12.4. The first kappa shape index (κ1) is 17.5. The predicted octanol–water partition coefficient (Wildman–Crippen LogP) is 1.40. The SMILES string of the molecule is CCc1ccc(NS(=O)(=O)c2cc(C(N)=O)n(C)c2)cc1[N+](=O)[O-]. The van der Waals surface area contributed by atoms with Gasteiger partial charge in [-0.15, -0.1) is 0 Å². The van der Waals surface area contributed by atoms with Crippen LogP contribution in [-0.4, -0.2) is 23.8 Å². The molecule has 0 atom stereocenters. The molecule has 0 saturated heterocycles. The summed E-state index contributed by atoms with van der Waals surface area (Å²) in [7, 11) is -2.53. The van der Waals surface area contributed by atoms with Gasteiger partial charge in [-0.25, -0.2) is 8.42 Å². The Morgan fingerprint density at radius 3 is 2.54 bits per heavy atom. The van der Waals surface area contributed by atoms with Crippen molar-refractivity contribution in [1.82, 2.24) is 4.57 Å². The van der Waals surface area contributed by atoms with Gasteiger partial charge in [-0.1, -0.05) is 13.0 Å². The van der Waals surface area contributed by atoms with Gasteiger partial charge in [0, 0.05) is 24.9 Å². The van der Waals surface area contributed by atoms with Crippen molar-refractivity contribution in [3.05, 3.63) is 51.8 Å². The molecule has 2 aromatic rings. The summed E-state index contributed by atoms with van der Waals surface area (Å²) >= 11 is 0. The number of aryl methyl sites for hydroxylation is 2. The lowest BCUT2D eigenvalue weighted by Gasteiger charge is -2.08. The number of amides is 1. The quantitative estimate of drug-likeness (QED) is 0.598. The third-order valence-corrected chi connectivity index (χ3v) is 4.81. The molecular weight excluding hydrogens is 336 g/mol. The van der Waals surface area contributed by atoms with Gasteiger partial charge in [0.15, 0.2) is 0 Å². The van der Waals surface area contributed by atoms with Crippen LogP contribution in [0, 0.1) is 10.1 Å². The molecule has 0 aliphatic heterocycles. The van der Waals surface area contributed by atoms with Crippen molar-refractivity contribution in [3.63, 3.8) is 0 Å². The first-order chi connectivity index (χ1) is 11.2. The van der Waals surface area contributed by atoms with E-state index < -0.39 is 20.9 Å². The minimum Gasteiger partial charge on any atom is -0.364 e. The molecule has 0 aliphatic carbocycles. The summed E-state index contributed by atoms with van der Waals surface area (Å²) in [6.07, 6.45) is 1.68. The van der Waals surface area contributed by atoms with Crippen LogP contribution in [-0.2, 0) is 23.5 Å². The van der Waals surface area contributed by atoms with Crippen LogP contribution < -0.4 is 10.5 Å².